The van der Waals surface area contributed by atoms with Crippen LogP contribution in [0, 0.1) is 6.92 Å². The molecule has 0 spiro atoms. The molecule has 0 radical (unpaired) electrons. The fraction of sp³-hybridized carbons (Fsp3) is 0.125. The Morgan fingerprint density at radius 2 is 1.87 bits per heavy atom. The molecule has 2 rings (SSSR count). The maximum absolute atomic E-state index is 12.0. The van der Waals surface area contributed by atoms with E-state index in [0.29, 0.717) is 11.1 Å². The third-order valence-corrected chi connectivity index (χ3v) is 3.33. The van der Waals surface area contributed by atoms with E-state index in [-0.39, 0.29) is 28.5 Å². The normalized spacial score (nSPS) is 10.2. The Balaban J connectivity index is 1.98. The van der Waals surface area contributed by atoms with E-state index >= 15 is 0 Å². The number of carbonyl (C=O) groups excluding carboxylic acids is 2. The van der Waals surface area contributed by atoms with Gasteiger partial charge in [0.05, 0.1) is 11.4 Å². The molecule has 0 aromatic heterocycles. The van der Waals surface area contributed by atoms with Gasteiger partial charge in [-0.25, -0.2) is 0 Å². The van der Waals surface area contributed by atoms with E-state index in [1.807, 2.05) is 0 Å². The largest absolute Gasteiger partial charge is 0.508 e. The Hall–Kier alpha value is -2.73. The van der Waals surface area contributed by atoms with Gasteiger partial charge in [0.25, 0.3) is 5.91 Å². The quantitative estimate of drug-likeness (QED) is 0.646. The Morgan fingerprint density at radius 1 is 1.13 bits per heavy atom. The molecule has 0 heterocycles. The molecule has 2 aromatic carbocycles. The smallest absolute Gasteiger partial charge is 0.274 e. The van der Waals surface area contributed by atoms with Crippen molar-refractivity contribution in [3.63, 3.8) is 0 Å². The van der Waals surface area contributed by atoms with Gasteiger partial charge >= 0.3 is 0 Å². The monoisotopic (exact) mass is 334 g/mol. The van der Waals surface area contributed by atoms with E-state index < -0.39 is 11.8 Å². The van der Waals surface area contributed by atoms with Crippen molar-refractivity contribution >= 4 is 23.4 Å². The predicted octanol–water partition coefficient (Wildman–Crippen LogP) is 2.06. The molecular weight excluding hydrogens is 320 g/mol. The van der Waals surface area contributed by atoms with Crippen molar-refractivity contribution in [2.24, 2.45) is 0 Å². The topological polar surface area (TPSA) is 98.7 Å². The molecule has 7 heteroatoms. The molecule has 0 aliphatic carbocycles. The van der Waals surface area contributed by atoms with Gasteiger partial charge in [-0.05, 0) is 42.3 Å². The number of phenols is 2. The molecule has 0 aliphatic rings. The van der Waals surface area contributed by atoms with Crippen LogP contribution in [0.4, 0.5) is 0 Å². The molecule has 0 saturated carbocycles. The first kappa shape index (κ1) is 16.6. The lowest BCUT2D eigenvalue weighted by molar-refractivity contribution is -0.121. The Bertz CT molecular complexity index is 738. The number of benzene rings is 2. The molecular formula is C16H15ClN2O4. The summed E-state index contributed by atoms with van der Waals surface area (Å²) >= 11 is 5.93. The SMILES string of the molecule is Cc1cc(O)c(C(=O)NNC(=O)Cc2cccc(O)c2)c(Cl)c1. The third kappa shape index (κ3) is 4.37. The molecule has 2 amide bonds. The van der Waals surface area contributed by atoms with Crippen molar-refractivity contribution in [3.8, 4) is 11.5 Å². The van der Waals surface area contributed by atoms with Crippen LogP contribution in [0.25, 0.3) is 0 Å². The van der Waals surface area contributed by atoms with E-state index in [4.69, 9.17) is 11.6 Å². The molecule has 4 N–H and O–H groups in total. The van der Waals surface area contributed by atoms with E-state index in [9.17, 15) is 19.8 Å². The number of phenolic OH excluding ortho intramolecular Hbond substituents is 2. The fourth-order valence-corrected chi connectivity index (χ4v) is 2.39. The summed E-state index contributed by atoms with van der Waals surface area (Å²) in [5, 5.41) is 19.2. The lowest BCUT2D eigenvalue weighted by Crippen LogP contribution is -2.42. The van der Waals surface area contributed by atoms with Crippen LogP contribution in [0.1, 0.15) is 21.5 Å². The third-order valence-electron chi connectivity index (χ3n) is 3.03. The van der Waals surface area contributed by atoms with Gasteiger partial charge in [-0.2, -0.15) is 0 Å². The maximum Gasteiger partial charge on any atom is 0.274 e. The van der Waals surface area contributed by atoms with Crippen LogP contribution in [-0.2, 0) is 11.2 Å². The first-order chi connectivity index (χ1) is 10.9. The summed E-state index contributed by atoms with van der Waals surface area (Å²) in [5.41, 5.74) is 5.60. The molecule has 120 valence electrons. The lowest BCUT2D eigenvalue weighted by atomic mass is 10.1. The number of carbonyl (C=O) groups is 2. The second kappa shape index (κ2) is 7.02. The summed E-state index contributed by atoms with van der Waals surface area (Å²) in [6, 6.07) is 9.15. The number of halogens is 1. The minimum Gasteiger partial charge on any atom is -0.508 e. The summed E-state index contributed by atoms with van der Waals surface area (Å²) in [5.74, 6) is -1.42. The molecule has 2 aromatic rings. The number of aromatic hydroxyl groups is 2. The van der Waals surface area contributed by atoms with Crippen molar-refractivity contribution in [1.82, 2.24) is 10.9 Å². The Morgan fingerprint density at radius 3 is 2.52 bits per heavy atom. The number of hydrogen-bond acceptors (Lipinski definition) is 4. The Labute approximate surface area is 137 Å². The molecule has 0 fully saturated rings. The fourth-order valence-electron chi connectivity index (χ4n) is 2.03. The number of aryl methyl sites for hydroxylation is 1. The van der Waals surface area contributed by atoms with Crippen molar-refractivity contribution in [2.45, 2.75) is 13.3 Å². The molecule has 0 atom stereocenters. The zero-order chi connectivity index (χ0) is 17.0. The van der Waals surface area contributed by atoms with Crippen LogP contribution >= 0.6 is 11.6 Å². The van der Waals surface area contributed by atoms with Crippen LogP contribution in [-0.4, -0.2) is 22.0 Å². The summed E-state index contributed by atoms with van der Waals surface area (Å²) < 4.78 is 0. The van der Waals surface area contributed by atoms with Gasteiger partial charge in [0, 0.05) is 0 Å². The zero-order valence-electron chi connectivity index (χ0n) is 12.3. The maximum atomic E-state index is 12.0. The second-order valence-corrected chi connectivity index (χ2v) is 5.40. The lowest BCUT2D eigenvalue weighted by Gasteiger charge is -2.10. The second-order valence-electron chi connectivity index (χ2n) is 4.99. The van der Waals surface area contributed by atoms with Gasteiger partial charge in [-0.3, -0.25) is 20.4 Å². The first-order valence-corrected chi connectivity index (χ1v) is 7.11. The highest BCUT2D eigenvalue weighted by Gasteiger charge is 2.17. The predicted molar refractivity (Wildman–Crippen MR) is 85.3 cm³/mol. The van der Waals surface area contributed by atoms with Gasteiger partial charge in [-0.1, -0.05) is 23.7 Å². The highest BCUT2D eigenvalue weighted by Crippen LogP contribution is 2.27. The molecule has 0 aliphatic heterocycles. The van der Waals surface area contributed by atoms with Crippen molar-refractivity contribution in [2.75, 3.05) is 0 Å². The van der Waals surface area contributed by atoms with Gasteiger partial charge in [-0.15, -0.1) is 0 Å². The summed E-state index contributed by atoms with van der Waals surface area (Å²) in [6.45, 7) is 1.73. The average molecular weight is 335 g/mol. The van der Waals surface area contributed by atoms with Crippen molar-refractivity contribution in [3.05, 3.63) is 58.1 Å². The van der Waals surface area contributed by atoms with Gasteiger partial charge in [0.1, 0.15) is 17.1 Å². The minimum atomic E-state index is -0.725. The number of nitrogens with one attached hydrogen (secondary N) is 2. The standard InChI is InChI=1S/C16H15ClN2O4/c1-9-5-12(17)15(13(21)6-9)16(23)19-18-14(22)8-10-3-2-4-11(20)7-10/h2-7,20-21H,8H2,1H3,(H,18,22)(H,19,23). The van der Waals surface area contributed by atoms with Gasteiger partial charge in [0.15, 0.2) is 0 Å². The molecule has 0 saturated heterocycles. The van der Waals surface area contributed by atoms with Gasteiger partial charge in [0.2, 0.25) is 5.91 Å². The van der Waals surface area contributed by atoms with Crippen LogP contribution in [0.3, 0.4) is 0 Å². The van der Waals surface area contributed by atoms with E-state index in [2.05, 4.69) is 10.9 Å². The van der Waals surface area contributed by atoms with E-state index in [1.54, 1.807) is 19.1 Å². The molecule has 0 unspecified atom stereocenters. The van der Waals surface area contributed by atoms with E-state index in [1.165, 1.54) is 24.3 Å². The molecule has 23 heavy (non-hydrogen) atoms. The van der Waals surface area contributed by atoms with Crippen LogP contribution in [0.15, 0.2) is 36.4 Å². The number of amides is 2. The summed E-state index contributed by atoms with van der Waals surface area (Å²) in [6.07, 6.45) is -0.0255. The zero-order valence-corrected chi connectivity index (χ0v) is 13.0. The number of rotatable bonds is 3. The first-order valence-electron chi connectivity index (χ1n) is 6.73. The van der Waals surface area contributed by atoms with Crippen LogP contribution in [0.2, 0.25) is 5.02 Å². The minimum absolute atomic E-state index is 0.0255. The summed E-state index contributed by atoms with van der Waals surface area (Å²) in [7, 11) is 0. The molecule has 0 bridgehead atoms. The van der Waals surface area contributed by atoms with Crippen molar-refractivity contribution < 1.29 is 19.8 Å². The summed E-state index contributed by atoms with van der Waals surface area (Å²) in [4.78, 5) is 23.8. The average Bonchev–Trinajstić information content (AvgIpc) is 2.44. The van der Waals surface area contributed by atoms with Gasteiger partial charge < -0.3 is 10.2 Å². The van der Waals surface area contributed by atoms with Crippen molar-refractivity contribution in [1.29, 1.82) is 0 Å². The molecule has 6 nitrogen and oxygen atoms in total. The van der Waals surface area contributed by atoms with Crippen LogP contribution in [0.5, 0.6) is 11.5 Å². The van der Waals surface area contributed by atoms with E-state index in [0.717, 1.165) is 0 Å². The Kier molecular flexibility index (Phi) is 5.08. The highest BCUT2D eigenvalue weighted by atomic mass is 35.5. The highest BCUT2D eigenvalue weighted by molar-refractivity contribution is 6.34. The van der Waals surface area contributed by atoms with Crippen LogP contribution < -0.4 is 10.9 Å². The number of hydrogen-bond donors (Lipinski definition) is 4. The number of hydrazine groups is 1.